The summed E-state index contributed by atoms with van der Waals surface area (Å²) in [6.07, 6.45) is 7.60. The van der Waals surface area contributed by atoms with Gasteiger partial charge in [0.05, 0.1) is 0 Å². The molecule has 0 saturated carbocycles. The van der Waals surface area contributed by atoms with E-state index in [2.05, 4.69) is 19.8 Å². The molecule has 0 unspecified atom stereocenters. The number of hydrogen-bond donors (Lipinski definition) is 1. The molecule has 0 aliphatic carbocycles. The van der Waals surface area contributed by atoms with Crippen molar-refractivity contribution in [3.63, 3.8) is 0 Å². The molecule has 1 N–H and O–H groups in total. The lowest BCUT2D eigenvalue weighted by Gasteiger charge is -2.15. The van der Waals surface area contributed by atoms with Gasteiger partial charge >= 0.3 is 0 Å². The van der Waals surface area contributed by atoms with E-state index in [0.29, 0.717) is 0 Å². The van der Waals surface area contributed by atoms with E-state index in [1.165, 1.54) is 25.9 Å². The van der Waals surface area contributed by atoms with Gasteiger partial charge < -0.3 is 19.5 Å². The number of rotatable bonds is 8. The molecule has 1 fully saturated rings. The number of nitrogens with zero attached hydrogens (tertiary/aromatic N) is 3. The lowest BCUT2D eigenvalue weighted by atomic mass is 10.4. The predicted molar refractivity (Wildman–Crippen MR) is 72.9 cm³/mol. The smallest absolute Gasteiger partial charge is 0.202 e. The lowest BCUT2D eigenvalue weighted by Crippen LogP contribution is -2.26. The molecule has 1 aromatic heterocycles. The highest BCUT2D eigenvalue weighted by Crippen LogP contribution is 2.08. The van der Waals surface area contributed by atoms with Crippen molar-refractivity contribution in [2.24, 2.45) is 0 Å². The number of anilines is 1. The first kappa shape index (κ1) is 13.4. The van der Waals surface area contributed by atoms with Gasteiger partial charge in [-0.3, -0.25) is 0 Å². The zero-order valence-corrected chi connectivity index (χ0v) is 11.3. The normalized spacial score (nSPS) is 16.3. The topological polar surface area (TPSA) is 42.3 Å². The Morgan fingerprint density at radius 1 is 1.33 bits per heavy atom. The van der Waals surface area contributed by atoms with Crippen LogP contribution in [0.3, 0.4) is 0 Å². The summed E-state index contributed by atoms with van der Waals surface area (Å²) in [5.74, 6) is 0.977. The Bertz CT molecular complexity index is 333. The average Bonchev–Trinajstić information content (AvgIpc) is 3.02. The van der Waals surface area contributed by atoms with Crippen LogP contribution < -0.4 is 5.32 Å². The number of likely N-dealkylation sites (tertiary alicyclic amines) is 1. The number of nitrogens with one attached hydrogen (secondary N) is 1. The van der Waals surface area contributed by atoms with E-state index in [9.17, 15) is 0 Å². The molecule has 5 heteroatoms. The van der Waals surface area contributed by atoms with Crippen molar-refractivity contribution in [1.29, 1.82) is 0 Å². The Balaban J connectivity index is 1.69. The van der Waals surface area contributed by atoms with Crippen molar-refractivity contribution in [2.45, 2.75) is 25.8 Å². The summed E-state index contributed by atoms with van der Waals surface area (Å²) < 4.78 is 7.22. The maximum atomic E-state index is 5.07. The van der Waals surface area contributed by atoms with Gasteiger partial charge in [-0.25, -0.2) is 4.98 Å². The summed E-state index contributed by atoms with van der Waals surface area (Å²) in [6.45, 7) is 6.35. The summed E-state index contributed by atoms with van der Waals surface area (Å²) in [7, 11) is 1.74. The molecule has 1 aliphatic rings. The Morgan fingerprint density at radius 2 is 2.17 bits per heavy atom. The lowest BCUT2D eigenvalue weighted by molar-refractivity contribution is 0.190. The molecule has 2 rings (SSSR count). The Morgan fingerprint density at radius 3 is 2.94 bits per heavy atom. The third-order valence-electron chi connectivity index (χ3n) is 3.37. The van der Waals surface area contributed by atoms with Gasteiger partial charge in [0.25, 0.3) is 0 Å². The molecule has 0 radical (unpaired) electrons. The first-order valence-corrected chi connectivity index (χ1v) is 6.86. The maximum absolute atomic E-state index is 5.07. The minimum absolute atomic E-state index is 0.797. The molecule has 0 aromatic carbocycles. The largest absolute Gasteiger partial charge is 0.385 e. The van der Waals surface area contributed by atoms with Crippen LogP contribution in [0.25, 0.3) is 0 Å². The second-order valence-electron chi connectivity index (χ2n) is 4.77. The summed E-state index contributed by atoms with van der Waals surface area (Å²) in [6, 6.07) is 0. The maximum Gasteiger partial charge on any atom is 0.202 e. The van der Waals surface area contributed by atoms with Gasteiger partial charge in [-0.05, 0) is 32.4 Å². The zero-order chi connectivity index (χ0) is 12.6. The van der Waals surface area contributed by atoms with E-state index in [1.807, 2.05) is 12.4 Å². The summed E-state index contributed by atoms with van der Waals surface area (Å²) in [5, 5.41) is 3.42. The van der Waals surface area contributed by atoms with E-state index >= 15 is 0 Å². The highest BCUT2D eigenvalue weighted by molar-refractivity contribution is 5.25. The van der Waals surface area contributed by atoms with Gasteiger partial charge in [0, 0.05) is 45.7 Å². The molecule has 102 valence electrons. The van der Waals surface area contributed by atoms with Crippen LogP contribution in [0, 0.1) is 0 Å². The molecular weight excluding hydrogens is 228 g/mol. The Hall–Kier alpha value is -1.07. The molecule has 0 spiro atoms. The molecule has 0 bridgehead atoms. The fourth-order valence-electron chi connectivity index (χ4n) is 2.37. The number of hydrogen-bond acceptors (Lipinski definition) is 4. The van der Waals surface area contributed by atoms with Crippen molar-refractivity contribution in [1.82, 2.24) is 14.5 Å². The molecule has 0 amide bonds. The van der Waals surface area contributed by atoms with Crippen LogP contribution in [0.1, 0.15) is 19.3 Å². The fourth-order valence-corrected chi connectivity index (χ4v) is 2.37. The van der Waals surface area contributed by atoms with Crippen molar-refractivity contribution >= 4 is 5.95 Å². The van der Waals surface area contributed by atoms with Gasteiger partial charge in [0.2, 0.25) is 5.95 Å². The number of ether oxygens (including phenoxy) is 1. The van der Waals surface area contributed by atoms with Crippen molar-refractivity contribution < 1.29 is 4.74 Å². The third kappa shape index (κ3) is 3.99. The van der Waals surface area contributed by atoms with Gasteiger partial charge in [-0.2, -0.15) is 0 Å². The van der Waals surface area contributed by atoms with Crippen LogP contribution >= 0.6 is 0 Å². The van der Waals surface area contributed by atoms with Crippen molar-refractivity contribution in [3.05, 3.63) is 12.4 Å². The number of imidazole rings is 1. The van der Waals surface area contributed by atoms with Crippen LogP contribution in [0.4, 0.5) is 5.95 Å². The molecule has 5 nitrogen and oxygen atoms in total. The van der Waals surface area contributed by atoms with E-state index in [4.69, 9.17) is 4.74 Å². The van der Waals surface area contributed by atoms with Crippen LogP contribution in [0.15, 0.2) is 12.4 Å². The van der Waals surface area contributed by atoms with E-state index in [1.54, 1.807) is 7.11 Å². The van der Waals surface area contributed by atoms with Gasteiger partial charge in [-0.1, -0.05) is 0 Å². The standard InChI is InChI=1S/C13H24N4O/c1-18-12-4-9-17-11-6-15-13(17)14-5-10-16-7-2-3-8-16/h6,11H,2-5,7-10,12H2,1H3,(H,14,15). The number of aromatic nitrogens is 2. The van der Waals surface area contributed by atoms with Gasteiger partial charge in [-0.15, -0.1) is 0 Å². The zero-order valence-electron chi connectivity index (χ0n) is 11.3. The predicted octanol–water partition coefficient (Wildman–Crippen LogP) is 1.43. The van der Waals surface area contributed by atoms with Crippen molar-refractivity contribution in [2.75, 3.05) is 45.2 Å². The average molecular weight is 252 g/mol. The summed E-state index contributed by atoms with van der Waals surface area (Å²) in [5.41, 5.74) is 0. The number of aryl methyl sites for hydroxylation is 1. The Labute approximate surface area is 109 Å². The Kier molecular flexibility index (Phi) is 5.48. The number of methoxy groups -OCH3 is 1. The first-order chi connectivity index (χ1) is 8.90. The highest BCUT2D eigenvalue weighted by Gasteiger charge is 2.10. The summed E-state index contributed by atoms with van der Waals surface area (Å²) in [4.78, 5) is 6.86. The molecule has 0 atom stereocenters. The van der Waals surface area contributed by atoms with Gasteiger partial charge in [0.1, 0.15) is 0 Å². The quantitative estimate of drug-likeness (QED) is 0.711. The minimum Gasteiger partial charge on any atom is -0.385 e. The van der Waals surface area contributed by atoms with Crippen LogP contribution in [0.5, 0.6) is 0 Å². The van der Waals surface area contributed by atoms with E-state index in [0.717, 1.165) is 38.6 Å². The van der Waals surface area contributed by atoms with E-state index < -0.39 is 0 Å². The second kappa shape index (κ2) is 7.38. The molecule has 2 heterocycles. The highest BCUT2D eigenvalue weighted by atomic mass is 16.5. The minimum atomic E-state index is 0.797. The fraction of sp³-hybridized carbons (Fsp3) is 0.769. The van der Waals surface area contributed by atoms with Crippen LogP contribution in [0.2, 0.25) is 0 Å². The third-order valence-corrected chi connectivity index (χ3v) is 3.37. The molecular formula is C13H24N4O. The van der Waals surface area contributed by atoms with E-state index in [-0.39, 0.29) is 0 Å². The molecule has 1 saturated heterocycles. The van der Waals surface area contributed by atoms with Crippen molar-refractivity contribution in [3.8, 4) is 0 Å². The van der Waals surface area contributed by atoms with Crippen LogP contribution in [-0.4, -0.2) is 54.3 Å². The second-order valence-corrected chi connectivity index (χ2v) is 4.77. The molecule has 18 heavy (non-hydrogen) atoms. The molecule has 1 aliphatic heterocycles. The SMILES string of the molecule is COCCCn1ccnc1NCCN1CCCC1. The first-order valence-electron chi connectivity index (χ1n) is 6.86. The van der Waals surface area contributed by atoms with Crippen LogP contribution in [-0.2, 0) is 11.3 Å². The summed E-state index contributed by atoms with van der Waals surface area (Å²) >= 11 is 0. The van der Waals surface area contributed by atoms with Gasteiger partial charge in [0.15, 0.2) is 0 Å². The molecule has 1 aromatic rings. The monoisotopic (exact) mass is 252 g/mol.